The number of carbonyl (C=O) groups excluding carboxylic acids is 1. The SMILES string of the molecule is CC(C)[C@@H](NC(=O)c1ccnc(F)c1)C(=O)O. The Morgan fingerprint density at radius 2 is 2.12 bits per heavy atom. The van der Waals surface area contributed by atoms with E-state index in [1.807, 2.05) is 0 Å². The number of carboxylic acids is 1. The number of nitrogens with one attached hydrogen (secondary N) is 1. The van der Waals surface area contributed by atoms with E-state index >= 15 is 0 Å². The smallest absolute Gasteiger partial charge is 0.326 e. The summed E-state index contributed by atoms with van der Waals surface area (Å²) in [6.45, 7) is 3.35. The molecule has 1 amide bonds. The highest BCUT2D eigenvalue weighted by molar-refractivity contribution is 5.96. The maximum Gasteiger partial charge on any atom is 0.326 e. The molecule has 6 heteroatoms. The van der Waals surface area contributed by atoms with Gasteiger partial charge in [-0.3, -0.25) is 4.79 Å². The molecule has 0 aliphatic heterocycles. The Morgan fingerprint density at radius 1 is 1.47 bits per heavy atom. The van der Waals surface area contributed by atoms with Gasteiger partial charge in [0.05, 0.1) is 0 Å². The fourth-order valence-corrected chi connectivity index (χ4v) is 1.28. The minimum absolute atomic E-state index is 0.0457. The first kappa shape index (κ1) is 13.1. The molecule has 5 nitrogen and oxygen atoms in total. The number of hydrogen-bond acceptors (Lipinski definition) is 3. The predicted molar refractivity (Wildman–Crippen MR) is 57.9 cm³/mol. The molecule has 0 fully saturated rings. The fourth-order valence-electron chi connectivity index (χ4n) is 1.28. The number of carboxylic acid groups (broad SMARTS) is 1. The summed E-state index contributed by atoms with van der Waals surface area (Å²) in [6.07, 6.45) is 1.15. The van der Waals surface area contributed by atoms with Gasteiger partial charge in [0.25, 0.3) is 5.91 Å². The molecular formula is C11H13FN2O3. The Hall–Kier alpha value is -1.98. The van der Waals surface area contributed by atoms with Crippen LogP contribution < -0.4 is 5.32 Å². The third-order valence-corrected chi connectivity index (χ3v) is 2.21. The van der Waals surface area contributed by atoms with Crippen molar-refractivity contribution in [2.75, 3.05) is 0 Å². The van der Waals surface area contributed by atoms with E-state index in [2.05, 4.69) is 10.3 Å². The molecule has 1 heterocycles. The van der Waals surface area contributed by atoms with Crippen molar-refractivity contribution in [2.45, 2.75) is 19.9 Å². The normalized spacial score (nSPS) is 12.2. The highest BCUT2D eigenvalue weighted by atomic mass is 19.1. The lowest BCUT2D eigenvalue weighted by Crippen LogP contribution is -2.44. The van der Waals surface area contributed by atoms with Crippen molar-refractivity contribution in [1.82, 2.24) is 10.3 Å². The van der Waals surface area contributed by atoms with Crippen molar-refractivity contribution in [3.05, 3.63) is 29.8 Å². The second-order valence-corrected chi connectivity index (χ2v) is 3.90. The highest BCUT2D eigenvalue weighted by Crippen LogP contribution is 2.05. The Labute approximate surface area is 97.7 Å². The highest BCUT2D eigenvalue weighted by Gasteiger charge is 2.23. The number of aliphatic carboxylic acids is 1. The predicted octanol–water partition coefficient (Wildman–Crippen LogP) is 1.06. The van der Waals surface area contributed by atoms with Gasteiger partial charge in [0, 0.05) is 17.8 Å². The standard InChI is InChI=1S/C11H13FN2O3/c1-6(2)9(11(16)17)14-10(15)7-3-4-13-8(12)5-7/h3-6,9H,1-2H3,(H,14,15)(H,16,17)/t9-/m1/s1. The first-order chi connectivity index (χ1) is 7.91. The van der Waals surface area contributed by atoms with Crippen molar-refractivity contribution in [3.63, 3.8) is 0 Å². The lowest BCUT2D eigenvalue weighted by molar-refractivity contribution is -0.140. The van der Waals surface area contributed by atoms with Crippen LogP contribution in [-0.2, 0) is 4.79 Å². The number of hydrogen-bond donors (Lipinski definition) is 2. The summed E-state index contributed by atoms with van der Waals surface area (Å²) < 4.78 is 12.8. The molecule has 1 rings (SSSR count). The van der Waals surface area contributed by atoms with Crippen molar-refractivity contribution in [2.24, 2.45) is 5.92 Å². The number of halogens is 1. The minimum Gasteiger partial charge on any atom is -0.480 e. The van der Waals surface area contributed by atoms with Gasteiger partial charge < -0.3 is 10.4 Å². The number of carbonyl (C=O) groups is 2. The van der Waals surface area contributed by atoms with Gasteiger partial charge in [0.2, 0.25) is 5.95 Å². The molecule has 0 aliphatic carbocycles. The molecule has 92 valence electrons. The largest absolute Gasteiger partial charge is 0.480 e. The fraction of sp³-hybridized carbons (Fsp3) is 0.364. The molecule has 0 saturated carbocycles. The van der Waals surface area contributed by atoms with Gasteiger partial charge in [-0.25, -0.2) is 9.78 Å². The molecular weight excluding hydrogens is 227 g/mol. The van der Waals surface area contributed by atoms with Crippen LogP contribution in [-0.4, -0.2) is 28.0 Å². The molecule has 0 spiro atoms. The molecule has 1 atom stereocenters. The van der Waals surface area contributed by atoms with Gasteiger partial charge in [-0.1, -0.05) is 13.8 Å². The van der Waals surface area contributed by atoms with Crippen LogP contribution in [0, 0.1) is 11.9 Å². The van der Waals surface area contributed by atoms with Gasteiger partial charge in [0.15, 0.2) is 0 Å². The number of rotatable bonds is 4. The summed E-state index contributed by atoms with van der Waals surface area (Å²) in [4.78, 5) is 25.8. The van der Waals surface area contributed by atoms with E-state index in [0.717, 1.165) is 12.3 Å². The summed E-state index contributed by atoms with van der Waals surface area (Å²) in [7, 11) is 0. The summed E-state index contributed by atoms with van der Waals surface area (Å²) in [5, 5.41) is 11.2. The number of aromatic nitrogens is 1. The third-order valence-electron chi connectivity index (χ3n) is 2.21. The van der Waals surface area contributed by atoms with Crippen LogP contribution in [0.5, 0.6) is 0 Å². The molecule has 0 radical (unpaired) electrons. The zero-order chi connectivity index (χ0) is 13.0. The number of nitrogens with zero attached hydrogens (tertiary/aromatic N) is 1. The Morgan fingerprint density at radius 3 is 2.59 bits per heavy atom. The van der Waals surface area contributed by atoms with Crippen LogP contribution in [0.1, 0.15) is 24.2 Å². The van der Waals surface area contributed by atoms with Crippen LogP contribution in [0.2, 0.25) is 0 Å². The van der Waals surface area contributed by atoms with E-state index < -0.39 is 23.9 Å². The van der Waals surface area contributed by atoms with Gasteiger partial charge >= 0.3 is 5.97 Å². The quantitative estimate of drug-likeness (QED) is 0.771. The van der Waals surface area contributed by atoms with E-state index in [-0.39, 0.29) is 11.5 Å². The van der Waals surface area contributed by atoms with Crippen molar-refractivity contribution < 1.29 is 19.1 Å². The second-order valence-electron chi connectivity index (χ2n) is 3.90. The molecule has 0 bridgehead atoms. The average Bonchev–Trinajstić information content (AvgIpc) is 2.24. The van der Waals surface area contributed by atoms with Crippen LogP contribution >= 0.6 is 0 Å². The van der Waals surface area contributed by atoms with Crippen LogP contribution in [0.15, 0.2) is 18.3 Å². The van der Waals surface area contributed by atoms with Crippen molar-refractivity contribution in [3.8, 4) is 0 Å². The first-order valence-corrected chi connectivity index (χ1v) is 5.07. The van der Waals surface area contributed by atoms with Crippen LogP contribution in [0.4, 0.5) is 4.39 Å². The van der Waals surface area contributed by atoms with Gasteiger partial charge in [-0.2, -0.15) is 4.39 Å². The van der Waals surface area contributed by atoms with Gasteiger partial charge in [-0.15, -0.1) is 0 Å². The number of amides is 1. The van der Waals surface area contributed by atoms with E-state index in [1.165, 1.54) is 6.07 Å². The average molecular weight is 240 g/mol. The monoisotopic (exact) mass is 240 g/mol. The van der Waals surface area contributed by atoms with E-state index in [9.17, 15) is 14.0 Å². The summed E-state index contributed by atoms with van der Waals surface area (Å²) in [6, 6.07) is 1.27. The Kier molecular flexibility index (Phi) is 4.14. The molecule has 17 heavy (non-hydrogen) atoms. The van der Waals surface area contributed by atoms with E-state index in [4.69, 9.17) is 5.11 Å². The Balaban J connectivity index is 2.81. The second kappa shape index (κ2) is 5.38. The lowest BCUT2D eigenvalue weighted by atomic mass is 10.0. The molecule has 0 unspecified atom stereocenters. The van der Waals surface area contributed by atoms with E-state index in [1.54, 1.807) is 13.8 Å². The summed E-state index contributed by atoms with van der Waals surface area (Å²) in [5.41, 5.74) is 0.0457. The molecule has 1 aromatic heterocycles. The molecule has 0 aromatic carbocycles. The zero-order valence-corrected chi connectivity index (χ0v) is 9.48. The first-order valence-electron chi connectivity index (χ1n) is 5.07. The van der Waals surface area contributed by atoms with Crippen LogP contribution in [0.3, 0.4) is 0 Å². The number of pyridine rings is 1. The summed E-state index contributed by atoms with van der Waals surface area (Å²) >= 11 is 0. The van der Waals surface area contributed by atoms with Gasteiger partial charge in [-0.05, 0) is 12.0 Å². The van der Waals surface area contributed by atoms with E-state index in [0.29, 0.717) is 0 Å². The lowest BCUT2D eigenvalue weighted by Gasteiger charge is -2.17. The van der Waals surface area contributed by atoms with Crippen LogP contribution in [0.25, 0.3) is 0 Å². The molecule has 0 saturated heterocycles. The maximum atomic E-state index is 12.8. The summed E-state index contributed by atoms with van der Waals surface area (Å²) in [5.74, 6) is -2.80. The van der Waals surface area contributed by atoms with Crippen molar-refractivity contribution in [1.29, 1.82) is 0 Å². The zero-order valence-electron chi connectivity index (χ0n) is 9.48. The van der Waals surface area contributed by atoms with Crippen molar-refractivity contribution >= 4 is 11.9 Å². The van der Waals surface area contributed by atoms with Gasteiger partial charge in [0.1, 0.15) is 6.04 Å². The minimum atomic E-state index is -1.12. The third kappa shape index (κ3) is 3.51. The Bertz CT molecular complexity index is 434. The maximum absolute atomic E-state index is 12.8. The molecule has 0 aliphatic rings. The molecule has 1 aromatic rings. The molecule has 2 N–H and O–H groups in total. The topological polar surface area (TPSA) is 79.3 Å².